The van der Waals surface area contributed by atoms with Crippen molar-refractivity contribution in [3.63, 3.8) is 0 Å². The summed E-state index contributed by atoms with van der Waals surface area (Å²) in [6, 6.07) is 7.40. The van der Waals surface area contributed by atoms with Crippen LogP contribution in [0.4, 0.5) is 0 Å². The van der Waals surface area contributed by atoms with Crippen LogP contribution in [-0.2, 0) is 14.5 Å². The van der Waals surface area contributed by atoms with Crippen LogP contribution in [-0.4, -0.2) is 29.7 Å². The number of halogens is 3. The molecule has 2 unspecified atom stereocenters. The van der Waals surface area contributed by atoms with E-state index in [0.29, 0.717) is 6.54 Å². The van der Waals surface area contributed by atoms with Gasteiger partial charge in [-0.15, -0.1) is 0 Å². The molecular formula is C11H12Cl3NO3S. The summed E-state index contributed by atoms with van der Waals surface area (Å²) in [6.45, 7) is 1.81. The first kappa shape index (κ1) is 15.4. The van der Waals surface area contributed by atoms with Crippen molar-refractivity contribution in [2.24, 2.45) is 0 Å². The predicted molar refractivity (Wildman–Crippen MR) is 75.8 cm³/mol. The Hall–Kier alpha value is -0.0400. The summed E-state index contributed by atoms with van der Waals surface area (Å²) in [6.07, 6.45) is 0. The van der Waals surface area contributed by atoms with Crippen LogP contribution in [0.15, 0.2) is 24.3 Å². The van der Waals surface area contributed by atoms with E-state index in [9.17, 15) is 8.42 Å². The van der Waals surface area contributed by atoms with Crippen molar-refractivity contribution >= 4 is 45.1 Å². The van der Waals surface area contributed by atoms with E-state index < -0.39 is 20.7 Å². The Morgan fingerprint density at radius 3 is 2.58 bits per heavy atom. The van der Waals surface area contributed by atoms with Gasteiger partial charge in [-0.3, -0.25) is 4.18 Å². The first-order valence-electron chi connectivity index (χ1n) is 5.49. The minimum Gasteiger partial charge on any atom is -0.253 e. The van der Waals surface area contributed by atoms with Gasteiger partial charge in [0.05, 0.1) is 6.04 Å². The van der Waals surface area contributed by atoms with Gasteiger partial charge in [-0.2, -0.15) is 12.7 Å². The third kappa shape index (κ3) is 3.97. The van der Waals surface area contributed by atoms with Crippen molar-refractivity contribution in [2.75, 3.05) is 13.2 Å². The van der Waals surface area contributed by atoms with Gasteiger partial charge in [-0.25, -0.2) is 0 Å². The molecule has 1 aromatic carbocycles. The summed E-state index contributed by atoms with van der Waals surface area (Å²) < 4.78 is 27.9. The van der Waals surface area contributed by atoms with Gasteiger partial charge in [0.1, 0.15) is 6.61 Å². The van der Waals surface area contributed by atoms with Crippen LogP contribution < -0.4 is 0 Å². The molecule has 106 valence electrons. The smallest absolute Gasteiger partial charge is 0.253 e. The second kappa shape index (κ2) is 5.39. The highest BCUT2D eigenvalue weighted by Crippen LogP contribution is 2.40. The number of aryl methyl sites for hydroxylation is 1. The molecule has 1 aliphatic heterocycles. The molecule has 0 aliphatic carbocycles. The SMILES string of the molecule is Cc1ccccc1C1CN1S(=O)(=O)OCC(Cl)(Cl)Cl. The van der Waals surface area contributed by atoms with Crippen molar-refractivity contribution in [1.82, 2.24) is 4.31 Å². The predicted octanol–water partition coefficient (Wildman–Crippen LogP) is 2.98. The van der Waals surface area contributed by atoms with E-state index in [1.165, 1.54) is 4.31 Å². The summed E-state index contributed by atoms with van der Waals surface area (Å²) in [7, 11) is -3.85. The molecule has 1 heterocycles. The topological polar surface area (TPSA) is 46.4 Å². The van der Waals surface area contributed by atoms with Crippen molar-refractivity contribution in [3.8, 4) is 0 Å². The average Bonchev–Trinajstić information content (AvgIpc) is 3.07. The fraction of sp³-hybridized carbons (Fsp3) is 0.455. The number of hydrogen-bond acceptors (Lipinski definition) is 3. The number of alkyl halides is 3. The maximum atomic E-state index is 11.9. The number of nitrogens with zero attached hydrogens (tertiary/aromatic N) is 1. The molecule has 0 bridgehead atoms. The lowest BCUT2D eigenvalue weighted by atomic mass is 10.1. The van der Waals surface area contributed by atoms with E-state index in [1.54, 1.807) is 0 Å². The number of rotatable bonds is 4. The van der Waals surface area contributed by atoms with Gasteiger partial charge >= 0.3 is 10.3 Å². The fourth-order valence-corrected chi connectivity index (χ4v) is 3.36. The maximum Gasteiger partial charge on any atom is 0.339 e. The molecule has 0 amide bonds. The molecule has 0 aromatic heterocycles. The zero-order valence-electron chi connectivity index (χ0n) is 10.0. The van der Waals surface area contributed by atoms with Crippen LogP contribution in [0.25, 0.3) is 0 Å². The molecule has 4 nitrogen and oxygen atoms in total. The molecule has 0 spiro atoms. The van der Waals surface area contributed by atoms with E-state index >= 15 is 0 Å². The molecule has 0 radical (unpaired) electrons. The Morgan fingerprint density at radius 2 is 2.00 bits per heavy atom. The van der Waals surface area contributed by atoms with Crippen molar-refractivity contribution in [3.05, 3.63) is 35.4 Å². The summed E-state index contributed by atoms with van der Waals surface area (Å²) in [4.78, 5) is 0. The van der Waals surface area contributed by atoms with E-state index in [4.69, 9.17) is 39.0 Å². The Bertz CT molecular complexity index is 571. The largest absolute Gasteiger partial charge is 0.339 e. The number of benzene rings is 1. The van der Waals surface area contributed by atoms with E-state index in [1.807, 2.05) is 31.2 Å². The highest BCUT2D eigenvalue weighted by atomic mass is 35.6. The zero-order chi connectivity index (χ0) is 14.3. The summed E-state index contributed by atoms with van der Waals surface area (Å²) in [5, 5.41) is 0. The van der Waals surface area contributed by atoms with Gasteiger partial charge in [0.2, 0.25) is 3.79 Å². The summed E-state index contributed by atoms with van der Waals surface area (Å²) in [5.41, 5.74) is 2.00. The molecule has 1 aliphatic rings. The first-order chi connectivity index (χ1) is 8.71. The molecule has 19 heavy (non-hydrogen) atoms. The first-order valence-corrected chi connectivity index (χ1v) is 7.99. The lowest BCUT2D eigenvalue weighted by Gasteiger charge is -2.12. The van der Waals surface area contributed by atoms with Crippen LogP contribution in [0.3, 0.4) is 0 Å². The van der Waals surface area contributed by atoms with Crippen LogP contribution in [0.5, 0.6) is 0 Å². The van der Waals surface area contributed by atoms with E-state index in [0.717, 1.165) is 11.1 Å². The molecule has 0 N–H and O–H groups in total. The van der Waals surface area contributed by atoms with Crippen molar-refractivity contribution < 1.29 is 12.6 Å². The Kier molecular flexibility index (Phi) is 4.35. The molecular weight excluding hydrogens is 333 g/mol. The van der Waals surface area contributed by atoms with E-state index in [-0.39, 0.29) is 6.04 Å². The van der Waals surface area contributed by atoms with Gasteiger partial charge < -0.3 is 0 Å². The molecule has 8 heteroatoms. The second-order valence-electron chi connectivity index (χ2n) is 4.28. The van der Waals surface area contributed by atoms with Crippen LogP contribution >= 0.6 is 34.8 Å². The molecule has 1 fully saturated rings. The van der Waals surface area contributed by atoms with Crippen molar-refractivity contribution in [2.45, 2.75) is 16.8 Å². The number of hydrogen-bond donors (Lipinski definition) is 0. The summed E-state index contributed by atoms with van der Waals surface area (Å²) >= 11 is 16.4. The Labute approximate surface area is 127 Å². The van der Waals surface area contributed by atoms with Crippen LogP contribution in [0, 0.1) is 6.92 Å². The third-order valence-electron chi connectivity index (χ3n) is 2.77. The molecule has 0 saturated carbocycles. The zero-order valence-corrected chi connectivity index (χ0v) is 13.1. The maximum absolute atomic E-state index is 11.9. The fourth-order valence-electron chi connectivity index (χ4n) is 1.79. The molecule has 2 atom stereocenters. The van der Waals surface area contributed by atoms with E-state index in [2.05, 4.69) is 0 Å². The van der Waals surface area contributed by atoms with Gasteiger partial charge in [0, 0.05) is 6.54 Å². The van der Waals surface area contributed by atoms with Gasteiger partial charge in [-0.05, 0) is 18.1 Å². The average molecular weight is 345 g/mol. The van der Waals surface area contributed by atoms with Crippen LogP contribution in [0.1, 0.15) is 17.2 Å². The molecule has 1 saturated heterocycles. The lowest BCUT2D eigenvalue weighted by molar-refractivity contribution is 0.305. The second-order valence-corrected chi connectivity index (χ2v) is 8.35. The minimum atomic E-state index is -3.85. The highest BCUT2D eigenvalue weighted by molar-refractivity contribution is 7.84. The van der Waals surface area contributed by atoms with Gasteiger partial charge in [0.15, 0.2) is 0 Å². The highest BCUT2D eigenvalue weighted by Gasteiger charge is 2.46. The van der Waals surface area contributed by atoms with Gasteiger partial charge in [0.25, 0.3) is 0 Å². The van der Waals surface area contributed by atoms with Crippen LogP contribution in [0.2, 0.25) is 0 Å². The molecule has 2 rings (SSSR count). The standard InChI is InChI=1S/C11H12Cl3NO3S/c1-8-4-2-3-5-9(8)10-6-15(10)19(16,17)18-7-11(12,13)14/h2-5,10H,6-7H2,1H3. The van der Waals surface area contributed by atoms with Crippen molar-refractivity contribution in [1.29, 1.82) is 0 Å². The van der Waals surface area contributed by atoms with Gasteiger partial charge in [-0.1, -0.05) is 59.1 Å². The molecule has 1 aromatic rings. The normalized spacial score (nSPS) is 23.4. The lowest BCUT2D eigenvalue weighted by Crippen LogP contribution is -2.22. The third-order valence-corrected chi connectivity index (χ3v) is 4.49. The monoisotopic (exact) mass is 343 g/mol. The minimum absolute atomic E-state index is 0.193. The Balaban J connectivity index is 2.04. The Morgan fingerprint density at radius 1 is 1.37 bits per heavy atom. The summed E-state index contributed by atoms with van der Waals surface area (Å²) in [5.74, 6) is 0. The quantitative estimate of drug-likeness (QED) is 0.623.